The summed E-state index contributed by atoms with van der Waals surface area (Å²) in [5, 5.41) is 12.1. The zero-order valence-electron chi connectivity index (χ0n) is 12.0. The lowest BCUT2D eigenvalue weighted by atomic mass is 10.1. The standard InChI is InChI=1S/C15H18ClN5/c1-11-5-6-12(9-13(11)16)18-14-10-17-20-15(19-14)21-7-3-2-4-8-21/h5-6,9-10H,2-4,7-8H2,1H3,(H,18,19,20). The fourth-order valence-electron chi connectivity index (χ4n) is 2.40. The Morgan fingerprint density at radius 2 is 2.00 bits per heavy atom. The van der Waals surface area contributed by atoms with Crippen LogP contribution in [-0.4, -0.2) is 28.3 Å². The van der Waals surface area contributed by atoms with Crippen molar-refractivity contribution in [2.45, 2.75) is 26.2 Å². The summed E-state index contributed by atoms with van der Waals surface area (Å²) in [5.74, 6) is 1.38. The molecule has 2 heterocycles. The van der Waals surface area contributed by atoms with Crippen molar-refractivity contribution in [3.05, 3.63) is 35.0 Å². The molecular weight excluding hydrogens is 286 g/mol. The lowest BCUT2D eigenvalue weighted by molar-refractivity contribution is 0.565. The molecule has 0 amide bonds. The number of aryl methyl sites for hydroxylation is 1. The van der Waals surface area contributed by atoms with Crippen molar-refractivity contribution in [2.24, 2.45) is 0 Å². The molecule has 1 aliphatic rings. The molecule has 21 heavy (non-hydrogen) atoms. The Morgan fingerprint density at radius 3 is 2.76 bits per heavy atom. The number of benzene rings is 1. The average molecular weight is 304 g/mol. The van der Waals surface area contributed by atoms with Crippen LogP contribution >= 0.6 is 11.6 Å². The van der Waals surface area contributed by atoms with Crippen molar-refractivity contribution in [3.8, 4) is 0 Å². The average Bonchev–Trinajstić information content (AvgIpc) is 2.52. The Bertz CT molecular complexity index is 625. The predicted molar refractivity (Wildman–Crippen MR) is 85.4 cm³/mol. The van der Waals surface area contributed by atoms with Crippen LogP contribution in [0, 0.1) is 6.92 Å². The Kier molecular flexibility index (Phi) is 4.20. The van der Waals surface area contributed by atoms with Crippen LogP contribution in [0.1, 0.15) is 24.8 Å². The molecule has 0 unspecified atom stereocenters. The molecule has 0 radical (unpaired) electrons. The van der Waals surface area contributed by atoms with E-state index < -0.39 is 0 Å². The number of piperidine rings is 1. The van der Waals surface area contributed by atoms with Gasteiger partial charge in [0.1, 0.15) is 0 Å². The number of anilines is 3. The van der Waals surface area contributed by atoms with Crippen LogP contribution in [0.4, 0.5) is 17.5 Å². The minimum atomic E-state index is 0.686. The van der Waals surface area contributed by atoms with Gasteiger partial charge in [0.05, 0.1) is 6.20 Å². The van der Waals surface area contributed by atoms with Crippen molar-refractivity contribution in [1.82, 2.24) is 15.2 Å². The summed E-state index contributed by atoms with van der Waals surface area (Å²) in [4.78, 5) is 6.73. The monoisotopic (exact) mass is 303 g/mol. The molecule has 5 nitrogen and oxygen atoms in total. The molecule has 0 spiro atoms. The van der Waals surface area contributed by atoms with Crippen molar-refractivity contribution >= 4 is 29.1 Å². The largest absolute Gasteiger partial charge is 0.339 e. The van der Waals surface area contributed by atoms with Gasteiger partial charge in [-0.3, -0.25) is 0 Å². The first-order valence-corrected chi connectivity index (χ1v) is 7.58. The molecule has 3 rings (SSSR count). The maximum Gasteiger partial charge on any atom is 0.247 e. The van der Waals surface area contributed by atoms with Gasteiger partial charge in [-0.15, -0.1) is 5.10 Å². The van der Waals surface area contributed by atoms with Crippen LogP contribution in [0.15, 0.2) is 24.4 Å². The molecule has 1 aromatic carbocycles. The highest BCUT2D eigenvalue weighted by Crippen LogP contribution is 2.23. The second-order valence-electron chi connectivity index (χ2n) is 5.28. The van der Waals surface area contributed by atoms with Crippen molar-refractivity contribution < 1.29 is 0 Å². The van der Waals surface area contributed by atoms with E-state index in [9.17, 15) is 0 Å². The summed E-state index contributed by atoms with van der Waals surface area (Å²) >= 11 is 6.14. The van der Waals surface area contributed by atoms with Gasteiger partial charge in [0.2, 0.25) is 5.95 Å². The zero-order chi connectivity index (χ0) is 14.7. The van der Waals surface area contributed by atoms with E-state index in [4.69, 9.17) is 11.6 Å². The van der Waals surface area contributed by atoms with Crippen LogP contribution in [-0.2, 0) is 0 Å². The minimum Gasteiger partial charge on any atom is -0.339 e. The lowest BCUT2D eigenvalue weighted by Gasteiger charge is -2.26. The summed E-state index contributed by atoms with van der Waals surface area (Å²) in [6.07, 6.45) is 5.29. The zero-order valence-corrected chi connectivity index (χ0v) is 12.8. The van der Waals surface area contributed by atoms with E-state index in [-0.39, 0.29) is 0 Å². The van der Waals surface area contributed by atoms with Gasteiger partial charge in [0, 0.05) is 23.8 Å². The Morgan fingerprint density at radius 1 is 1.19 bits per heavy atom. The van der Waals surface area contributed by atoms with Gasteiger partial charge in [-0.25, -0.2) is 0 Å². The molecule has 0 saturated carbocycles. The number of hydrogen-bond donors (Lipinski definition) is 1. The fraction of sp³-hybridized carbons (Fsp3) is 0.400. The Balaban J connectivity index is 1.77. The van der Waals surface area contributed by atoms with Crippen molar-refractivity contribution in [1.29, 1.82) is 0 Å². The van der Waals surface area contributed by atoms with E-state index in [1.54, 1.807) is 6.20 Å². The first kappa shape index (κ1) is 14.1. The first-order valence-electron chi connectivity index (χ1n) is 7.20. The third kappa shape index (κ3) is 3.42. The van der Waals surface area contributed by atoms with Crippen LogP contribution in [0.3, 0.4) is 0 Å². The highest BCUT2D eigenvalue weighted by molar-refractivity contribution is 6.31. The first-order chi connectivity index (χ1) is 10.2. The quantitative estimate of drug-likeness (QED) is 0.939. The van der Waals surface area contributed by atoms with Crippen LogP contribution < -0.4 is 10.2 Å². The van der Waals surface area contributed by atoms with E-state index >= 15 is 0 Å². The number of nitrogens with zero attached hydrogens (tertiary/aromatic N) is 4. The Hall–Kier alpha value is -1.88. The fourth-order valence-corrected chi connectivity index (χ4v) is 2.58. The second kappa shape index (κ2) is 6.26. The predicted octanol–water partition coefficient (Wildman–Crippen LogP) is 3.57. The Labute approximate surface area is 129 Å². The summed E-state index contributed by atoms with van der Waals surface area (Å²) in [7, 11) is 0. The molecule has 0 atom stereocenters. The maximum atomic E-state index is 6.14. The number of nitrogens with one attached hydrogen (secondary N) is 1. The van der Waals surface area contributed by atoms with Gasteiger partial charge in [-0.05, 0) is 43.9 Å². The molecule has 0 bridgehead atoms. The van der Waals surface area contributed by atoms with E-state index in [2.05, 4.69) is 25.4 Å². The van der Waals surface area contributed by atoms with Crippen molar-refractivity contribution in [2.75, 3.05) is 23.3 Å². The lowest BCUT2D eigenvalue weighted by Crippen LogP contribution is -2.31. The molecule has 1 saturated heterocycles. The smallest absolute Gasteiger partial charge is 0.247 e. The SMILES string of the molecule is Cc1ccc(Nc2cnnc(N3CCCCC3)n2)cc1Cl. The van der Waals surface area contributed by atoms with Gasteiger partial charge in [-0.1, -0.05) is 17.7 Å². The molecule has 1 N–H and O–H groups in total. The normalized spacial score (nSPS) is 15.0. The van der Waals surface area contributed by atoms with Gasteiger partial charge in [0.25, 0.3) is 0 Å². The highest BCUT2D eigenvalue weighted by Gasteiger charge is 2.14. The van der Waals surface area contributed by atoms with Gasteiger partial charge in [0.15, 0.2) is 5.82 Å². The van der Waals surface area contributed by atoms with Gasteiger partial charge >= 0.3 is 0 Å². The molecule has 1 aromatic heterocycles. The van der Waals surface area contributed by atoms with E-state index in [1.807, 2.05) is 25.1 Å². The molecular formula is C15H18ClN5. The second-order valence-corrected chi connectivity index (χ2v) is 5.69. The number of rotatable bonds is 3. The highest BCUT2D eigenvalue weighted by atomic mass is 35.5. The number of halogens is 1. The van der Waals surface area contributed by atoms with Crippen LogP contribution in [0.2, 0.25) is 5.02 Å². The molecule has 110 valence electrons. The van der Waals surface area contributed by atoms with E-state index in [1.165, 1.54) is 19.3 Å². The topological polar surface area (TPSA) is 53.9 Å². The third-order valence-corrected chi connectivity index (χ3v) is 4.04. The van der Waals surface area contributed by atoms with Gasteiger partial charge < -0.3 is 10.2 Å². The summed E-state index contributed by atoms with van der Waals surface area (Å²) in [6.45, 7) is 3.98. The molecule has 6 heteroatoms. The molecule has 0 aliphatic carbocycles. The molecule has 1 fully saturated rings. The molecule has 1 aliphatic heterocycles. The maximum absolute atomic E-state index is 6.14. The number of aromatic nitrogens is 3. The minimum absolute atomic E-state index is 0.686. The molecule has 2 aromatic rings. The van der Waals surface area contributed by atoms with Crippen LogP contribution in [0.25, 0.3) is 0 Å². The summed E-state index contributed by atoms with van der Waals surface area (Å²) < 4.78 is 0. The van der Waals surface area contributed by atoms with Crippen LogP contribution in [0.5, 0.6) is 0 Å². The summed E-state index contributed by atoms with van der Waals surface area (Å²) in [6, 6.07) is 5.84. The number of hydrogen-bond acceptors (Lipinski definition) is 5. The van der Waals surface area contributed by atoms with Crippen molar-refractivity contribution in [3.63, 3.8) is 0 Å². The summed E-state index contributed by atoms with van der Waals surface area (Å²) in [5.41, 5.74) is 1.95. The van der Waals surface area contributed by atoms with Gasteiger partial charge in [-0.2, -0.15) is 10.1 Å². The van der Waals surface area contributed by atoms with E-state index in [0.717, 1.165) is 29.4 Å². The third-order valence-electron chi connectivity index (χ3n) is 3.63. The van der Waals surface area contributed by atoms with E-state index in [0.29, 0.717) is 11.8 Å².